The Morgan fingerprint density at radius 2 is 1.83 bits per heavy atom. The Morgan fingerprint density at radius 3 is 2.50 bits per heavy atom. The molecule has 24 heavy (non-hydrogen) atoms. The van der Waals surface area contributed by atoms with Gasteiger partial charge in [0.2, 0.25) is 10.0 Å². The van der Waals surface area contributed by atoms with Gasteiger partial charge in [-0.2, -0.15) is 0 Å². The lowest BCUT2D eigenvalue weighted by Crippen LogP contribution is -2.13. The topological polar surface area (TPSA) is 81.7 Å². The molecule has 0 heterocycles. The summed E-state index contributed by atoms with van der Waals surface area (Å²) in [7, 11) is -3.41. The van der Waals surface area contributed by atoms with Gasteiger partial charge in [-0.3, -0.25) is 4.72 Å². The highest BCUT2D eigenvalue weighted by atomic mass is 35.5. The van der Waals surface area contributed by atoms with E-state index >= 15 is 0 Å². The number of nitrogens with one attached hydrogen (secondary N) is 1. The summed E-state index contributed by atoms with van der Waals surface area (Å²) in [4.78, 5) is 11.9. The highest BCUT2D eigenvalue weighted by molar-refractivity contribution is 7.92. The van der Waals surface area contributed by atoms with Gasteiger partial charge >= 0.3 is 5.97 Å². The molecule has 2 aromatic carbocycles. The first-order chi connectivity index (χ1) is 11.3. The molecule has 0 fully saturated rings. The van der Waals surface area contributed by atoms with Crippen molar-refractivity contribution in [3.05, 3.63) is 59.1 Å². The monoisotopic (exact) mass is 369 g/mol. The number of carbonyl (C=O) groups excluding carboxylic acids is 1. The largest absolute Gasteiger partial charge is 0.490 e. The molecule has 0 aromatic heterocycles. The first kappa shape index (κ1) is 18.1. The van der Waals surface area contributed by atoms with Gasteiger partial charge < -0.3 is 9.47 Å². The van der Waals surface area contributed by atoms with Crippen LogP contribution >= 0.6 is 11.6 Å². The maximum atomic E-state index is 11.9. The van der Waals surface area contributed by atoms with Crippen LogP contribution in [0, 0.1) is 0 Å². The van der Waals surface area contributed by atoms with E-state index in [2.05, 4.69) is 4.72 Å². The van der Waals surface area contributed by atoms with Crippen LogP contribution < -0.4 is 9.46 Å². The fourth-order valence-electron chi connectivity index (χ4n) is 1.83. The number of halogens is 1. The predicted molar refractivity (Wildman–Crippen MR) is 92.1 cm³/mol. The minimum absolute atomic E-state index is 0.0607. The highest BCUT2D eigenvalue weighted by Gasteiger charge is 2.09. The summed E-state index contributed by atoms with van der Waals surface area (Å²) in [5, 5.41) is 0.608. The van der Waals surface area contributed by atoms with Crippen molar-refractivity contribution in [3.63, 3.8) is 0 Å². The van der Waals surface area contributed by atoms with Crippen LogP contribution in [0.4, 0.5) is 5.69 Å². The van der Waals surface area contributed by atoms with E-state index in [9.17, 15) is 13.2 Å². The first-order valence-corrected chi connectivity index (χ1v) is 9.24. The molecule has 0 unspecified atom stereocenters. The molecule has 0 saturated heterocycles. The fourth-order valence-corrected chi connectivity index (χ4v) is 2.51. The predicted octanol–water partition coefficient (Wildman–Crippen LogP) is 2.95. The fraction of sp³-hybridized carbons (Fsp3) is 0.188. The van der Waals surface area contributed by atoms with Crippen LogP contribution in [0.1, 0.15) is 10.4 Å². The standard InChI is InChI=1S/C16H16ClNO5S/c1-24(20,21)18-14-4-2-3-12(11-14)16(19)23-10-9-22-15-7-5-13(17)6-8-15/h2-8,11,18H,9-10H2,1H3. The Morgan fingerprint density at radius 1 is 1.12 bits per heavy atom. The SMILES string of the molecule is CS(=O)(=O)Nc1cccc(C(=O)OCCOc2ccc(Cl)cc2)c1. The molecule has 0 saturated carbocycles. The van der Waals surface area contributed by atoms with E-state index in [1.54, 1.807) is 36.4 Å². The lowest BCUT2D eigenvalue weighted by Gasteiger charge is -2.09. The van der Waals surface area contributed by atoms with E-state index in [1.807, 2.05) is 0 Å². The van der Waals surface area contributed by atoms with Gasteiger partial charge in [0.25, 0.3) is 0 Å². The molecule has 0 aliphatic rings. The van der Waals surface area contributed by atoms with Gasteiger partial charge in [0.1, 0.15) is 19.0 Å². The molecule has 0 radical (unpaired) electrons. The van der Waals surface area contributed by atoms with Crippen LogP contribution in [0.2, 0.25) is 5.02 Å². The minimum atomic E-state index is -3.41. The maximum Gasteiger partial charge on any atom is 0.338 e. The molecule has 128 valence electrons. The number of rotatable bonds is 7. The molecule has 0 bridgehead atoms. The van der Waals surface area contributed by atoms with Gasteiger partial charge in [-0.1, -0.05) is 17.7 Å². The van der Waals surface area contributed by atoms with E-state index in [1.165, 1.54) is 12.1 Å². The molecule has 2 aromatic rings. The third kappa shape index (κ3) is 6.10. The van der Waals surface area contributed by atoms with Crippen LogP contribution in [-0.2, 0) is 14.8 Å². The highest BCUT2D eigenvalue weighted by Crippen LogP contribution is 2.16. The Bertz CT molecular complexity index is 805. The quantitative estimate of drug-likeness (QED) is 0.599. The Hall–Kier alpha value is -2.25. The summed E-state index contributed by atoms with van der Waals surface area (Å²) in [5.74, 6) is 0.0571. The molecule has 0 spiro atoms. The number of benzene rings is 2. The summed E-state index contributed by atoms with van der Waals surface area (Å²) in [6.07, 6.45) is 1.03. The molecule has 6 nitrogen and oxygen atoms in total. The van der Waals surface area contributed by atoms with Gasteiger partial charge in [-0.05, 0) is 42.5 Å². The van der Waals surface area contributed by atoms with Gasteiger partial charge in [0.15, 0.2) is 0 Å². The van der Waals surface area contributed by atoms with Gasteiger partial charge in [-0.25, -0.2) is 13.2 Å². The molecule has 8 heteroatoms. The molecular formula is C16H16ClNO5S. The Kier molecular flexibility index (Phi) is 6.05. The second-order valence-electron chi connectivity index (χ2n) is 4.89. The van der Waals surface area contributed by atoms with E-state index in [-0.39, 0.29) is 18.8 Å². The van der Waals surface area contributed by atoms with Crippen LogP contribution in [0.25, 0.3) is 0 Å². The summed E-state index contributed by atoms with van der Waals surface area (Å²) >= 11 is 5.77. The normalized spacial score (nSPS) is 10.9. The van der Waals surface area contributed by atoms with Crippen molar-refractivity contribution in [1.29, 1.82) is 0 Å². The Balaban J connectivity index is 1.84. The Labute approximate surface area is 145 Å². The number of hydrogen-bond donors (Lipinski definition) is 1. The van der Waals surface area contributed by atoms with Crippen molar-refractivity contribution in [1.82, 2.24) is 0 Å². The van der Waals surface area contributed by atoms with Crippen LogP contribution in [0.15, 0.2) is 48.5 Å². The number of anilines is 1. The van der Waals surface area contributed by atoms with Crippen LogP contribution in [-0.4, -0.2) is 33.9 Å². The molecule has 1 N–H and O–H groups in total. The summed E-state index contributed by atoms with van der Waals surface area (Å²) in [5.41, 5.74) is 0.541. The smallest absolute Gasteiger partial charge is 0.338 e. The molecule has 0 aliphatic heterocycles. The third-order valence-corrected chi connectivity index (χ3v) is 3.66. The minimum Gasteiger partial charge on any atom is -0.490 e. The summed E-state index contributed by atoms with van der Waals surface area (Å²) in [6, 6.07) is 12.9. The zero-order chi connectivity index (χ0) is 17.6. The number of esters is 1. The molecule has 0 atom stereocenters. The second-order valence-corrected chi connectivity index (χ2v) is 7.08. The molecule has 2 rings (SSSR count). The van der Waals surface area contributed by atoms with Crippen molar-refractivity contribution in [2.45, 2.75) is 0 Å². The lowest BCUT2D eigenvalue weighted by atomic mass is 10.2. The summed E-state index contributed by atoms with van der Waals surface area (Å²) < 4.78 is 35.2. The lowest BCUT2D eigenvalue weighted by molar-refractivity contribution is 0.0450. The zero-order valence-corrected chi connectivity index (χ0v) is 14.4. The molecule has 0 amide bonds. The van der Waals surface area contributed by atoms with Crippen LogP contribution in [0.5, 0.6) is 5.75 Å². The molecular weight excluding hydrogens is 354 g/mol. The van der Waals surface area contributed by atoms with Gasteiger partial charge in [0.05, 0.1) is 11.8 Å². The zero-order valence-electron chi connectivity index (χ0n) is 12.9. The second kappa shape index (κ2) is 8.03. The number of hydrogen-bond acceptors (Lipinski definition) is 5. The van der Waals surface area contributed by atoms with Crippen molar-refractivity contribution in [2.75, 3.05) is 24.2 Å². The van der Waals surface area contributed by atoms with Crippen molar-refractivity contribution in [3.8, 4) is 5.75 Å². The number of ether oxygens (including phenoxy) is 2. The van der Waals surface area contributed by atoms with E-state index < -0.39 is 16.0 Å². The van der Waals surface area contributed by atoms with Crippen LogP contribution in [0.3, 0.4) is 0 Å². The maximum absolute atomic E-state index is 11.9. The first-order valence-electron chi connectivity index (χ1n) is 6.97. The van der Waals surface area contributed by atoms with Gasteiger partial charge in [-0.15, -0.1) is 0 Å². The average Bonchev–Trinajstić information content (AvgIpc) is 2.51. The molecule has 0 aliphatic carbocycles. The van der Waals surface area contributed by atoms with Crippen molar-refractivity contribution >= 4 is 33.3 Å². The summed E-state index contributed by atoms with van der Waals surface area (Å²) in [6.45, 7) is 0.250. The van der Waals surface area contributed by atoms with Gasteiger partial charge in [0, 0.05) is 10.7 Å². The van der Waals surface area contributed by atoms with Crippen molar-refractivity contribution in [2.24, 2.45) is 0 Å². The van der Waals surface area contributed by atoms with E-state index in [4.69, 9.17) is 21.1 Å². The number of carbonyl (C=O) groups is 1. The average molecular weight is 370 g/mol. The third-order valence-electron chi connectivity index (χ3n) is 2.80. The van der Waals surface area contributed by atoms with E-state index in [0.717, 1.165) is 6.26 Å². The van der Waals surface area contributed by atoms with Crippen molar-refractivity contribution < 1.29 is 22.7 Å². The van der Waals surface area contributed by atoms with E-state index in [0.29, 0.717) is 16.5 Å². The number of sulfonamides is 1.